The molecular formula is C28H31N5O5. The minimum Gasteiger partial charge on any atom is -0.466 e. The third-order valence-electron chi connectivity index (χ3n) is 6.54. The average Bonchev–Trinajstić information content (AvgIpc) is 3.36. The molecule has 0 saturated carbocycles. The normalized spacial score (nSPS) is 15.6. The van der Waals surface area contributed by atoms with Gasteiger partial charge in [0.1, 0.15) is 0 Å². The van der Waals surface area contributed by atoms with Gasteiger partial charge in [0, 0.05) is 29.1 Å². The van der Waals surface area contributed by atoms with Gasteiger partial charge in [0.25, 0.3) is 11.6 Å². The number of aromatic nitrogens is 2. The zero-order valence-electron chi connectivity index (χ0n) is 21.9. The maximum Gasteiger partial charge on any atom is 0.336 e. The number of rotatable bonds is 10. The molecule has 2 aromatic carbocycles. The first kappa shape index (κ1) is 26.7. The molecule has 1 aromatic heterocycles. The summed E-state index contributed by atoms with van der Waals surface area (Å²) in [5.41, 5.74) is 3.96. The topological polar surface area (TPSA) is 124 Å². The summed E-state index contributed by atoms with van der Waals surface area (Å²) in [4.78, 5) is 30.7. The van der Waals surface area contributed by atoms with Crippen molar-refractivity contribution in [3.8, 4) is 0 Å². The lowest BCUT2D eigenvalue weighted by molar-refractivity contribution is -0.384. The highest BCUT2D eigenvalue weighted by molar-refractivity contribution is 5.96. The van der Waals surface area contributed by atoms with E-state index >= 15 is 0 Å². The van der Waals surface area contributed by atoms with Crippen molar-refractivity contribution in [1.29, 1.82) is 0 Å². The molecule has 0 amide bonds. The molecule has 1 aliphatic rings. The number of hydrogen-bond donors (Lipinski definition) is 1. The third kappa shape index (κ3) is 5.97. The van der Waals surface area contributed by atoms with Gasteiger partial charge in [-0.2, -0.15) is 4.98 Å². The molecule has 3 aromatic rings. The fourth-order valence-corrected chi connectivity index (χ4v) is 4.76. The smallest absolute Gasteiger partial charge is 0.336 e. The number of esters is 1. The number of carbonyl (C=O) groups is 1. The largest absolute Gasteiger partial charge is 0.466 e. The van der Waals surface area contributed by atoms with E-state index in [1.807, 2.05) is 32.2 Å². The molecular weight excluding hydrogens is 486 g/mol. The Kier molecular flexibility index (Phi) is 8.32. The number of methoxy groups -OCH3 is 1. The Morgan fingerprint density at radius 3 is 2.63 bits per heavy atom. The average molecular weight is 518 g/mol. The second kappa shape index (κ2) is 11.8. The number of benzene rings is 2. The summed E-state index contributed by atoms with van der Waals surface area (Å²) in [5.74, 6) is -0.491. The predicted octanol–water partition coefficient (Wildman–Crippen LogP) is 4.61. The van der Waals surface area contributed by atoms with Gasteiger partial charge in [0.05, 0.1) is 30.1 Å². The summed E-state index contributed by atoms with van der Waals surface area (Å²) in [6, 6.07) is 16.5. The van der Waals surface area contributed by atoms with Crippen molar-refractivity contribution in [2.75, 3.05) is 20.7 Å². The van der Waals surface area contributed by atoms with Crippen LogP contribution in [0.1, 0.15) is 49.0 Å². The van der Waals surface area contributed by atoms with E-state index in [-0.39, 0.29) is 11.6 Å². The van der Waals surface area contributed by atoms with Crippen LogP contribution < -0.4 is 5.32 Å². The van der Waals surface area contributed by atoms with Crippen molar-refractivity contribution in [2.24, 2.45) is 0 Å². The van der Waals surface area contributed by atoms with Crippen LogP contribution in [0.3, 0.4) is 0 Å². The van der Waals surface area contributed by atoms with Gasteiger partial charge in [0.15, 0.2) is 5.82 Å². The molecule has 38 heavy (non-hydrogen) atoms. The molecule has 2 heterocycles. The van der Waals surface area contributed by atoms with Crippen LogP contribution >= 0.6 is 0 Å². The van der Waals surface area contributed by atoms with E-state index in [0.717, 1.165) is 19.4 Å². The van der Waals surface area contributed by atoms with Gasteiger partial charge in [-0.1, -0.05) is 47.6 Å². The second-order valence-corrected chi connectivity index (χ2v) is 9.32. The number of allylic oxidation sites excluding steroid dienone is 3. The highest BCUT2D eigenvalue weighted by atomic mass is 16.6. The molecule has 1 N–H and O–H groups in total. The molecule has 0 aliphatic carbocycles. The van der Waals surface area contributed by atoms with Gasteiger partial charge < -0.3 is 14.6 Å². The minimum absolute atomic E-state index is 0.0803. The number of nitro groups is 1. The van der Waals surface area contributed by atoms with Crippen LogP contribution in [0.15, 0.2) is 76.1 Å². The summed E-state index contributed by atoms with van der Waals surface area (Å²) in [6.45, 7) is 4.95. The molecule has 10 nitrogen and oxygen atoms in total. The van der Waals surface area contributed by atoms with E-state index in [0.29, 0.717) is 40.5 Å². The first-order valence-corrected chi connectivity index (χ1v) is 12.3. The van der Waals surface area contributed by atoms with Crippen LogP contribution in [-0.4, -0.2) is 46.6 Å². The van der Waals surface area contributed by atoms with E-state index in [1.165, 1.54) is 24.8 Å². The maximum atomic E-state index is 12.9. The van der Waals surface area contributed by atoms with Crippen molar-refractivity contribution in [2.45, 2.75) is 39.2 Å². The monoisotopic (exact) mass is 517 g/mol. The van der Waals surface area contributed by atoms with Gasteiger partial charge in [-0.05, 0) is 51.4 Å². The lowest BCUT2D eigenvalue weighted by atomic mass is 9.80. The summed E-state index contributed by atoms with van der Waals surface area (Å²) >= 11 is 0. The number of nitrogens with zero attached hydrogens (tertiary/aromatic N) is 4. The summed E-state index contributed by atoms with van der Waals surface area (Å²) in [6.07, 6.45) is 1.97. The zero-order chi connectivity index (χ0) is 27.2. The molecule has 1 unspecified atom stereocenters. The Morgan fingerprint density at radius 2 is 1.92 bits per heavy atom. The van der Waals surface area contributed by atoms with Gasteiger partial charge >= 0.3 is 5.97 Å². The second-order valence-electron chi connectivity index (χ2n) is 9.32. The fraction of sp³-hybridized carbons (Fsp3) is 0.321. The molecule has 0 saturated heterocycles. The Labute approximate surface area is 221 Å². The number of carbonyl (C=O) groups excluding carboxylic acids is 1. The Bertz CT molecular complexity index is 1380. The van der Waals surface area contributed by atoms with Crippen LogP contribution in [0.4, 0.5) is 5.69 Å². The number of ether oxygens (including phenoxy) is 1. The van der Waals surface area contributed by atoms with E-state index in [2.05, 4.69) is 32.5 Å². The summed E-state index contributed by atoms with van der Waals surface area (Å²) in [7, 11) is 3.30. The molecule has 198 valence electrons. The molecule has 0 radical (unpaired) electrons. The number of dihydropyridines is 1. The van der Waals surface area contributed by atoms with Crippen LogP contribution in [-0.2, 0) is 22.5 Å². The van der Waals surface area contributed by atoms with Crippen molar-refractivity contribution in [1.82, 2.24) is 20.4 Å². The first-order valence-electron chi connectivity index (χ1n) is 12.3. The van der Waals surface area contributed by atoms with Gasteiger partial charge in [-0.25, -0.2) is 4.79 Å². The van der Waals surface area contributed by atoms with Gasteiger partial charge in [-0.15, -0.1) is 0 Å². The highest BCUT2D eigenvalue weighted by Crippen LogP contribution is 2.43. The quantitative estimate of drug-likeness (QED) is 0.233. The predicted molar refractivity (Wildman–Crippen MR) is 142 cm³/mol. The zero-order valence-corrected chi connectivity index (χ0v) is 21.9. The molecule has 1 aliphatic heterocycles. The molecule has 1 atom stereocenters. The van der Waals surface area contributed by atoms with E-state index in [4.69, 9.17) is 9.26 Å². The maximum absolute atomic E-state index is 12.9. The van der Waals surface area contributed by atoms with E-state index in [9.17, 15) is 14.9 Å². The molecule has 4 rings (SSSR count). The number of non-ortho nitro benzene ring substituents is 1. The Balaban J connectivity index is 1.59. The number of nitro benzene ring substituents is 1. The lowest BCUT2D eigenvalue weighted by Gasteiger charge is -2.29. The van der Waals surface area contributed by atoms with Gasteiger partial charge in [-0.3, -0.25) is 15.0 Å². The fourth-order valence-electron chi connectivity index (χ4n) is 4.76. The summed E-state index contributed by atoms with van der Waals surface area (Å²) < 4.78 is 10.8. The third-order valence-corrected chi connectivity index (χ3v) is 6.54. The highest BCUT2D eigenvalue weighted by Gasteiger charge is 2.37. The van der Waals surface area contributed by atoms with Crippen molar-refractivity contribution >= 4 is 17.2 Å². The van der Waals surface area contributed by atoms with Crippen molar-refractivity contribution in [3.05, 3.63) is 105 Å². The summed E-state index contributed by atoms with van der Waals surface area (Å²) in [5, 5.41) is 18.9. The van der Waals surface area contributed by atoms with E-state index in [1.54, 1.807) is 19.1 Å². The molecule has 0 spiro atoms. The van der Waals surface area contributed by atoms with Crippen LogP contribution in [0.5, 0.6) is 0 Å². The van der Waals surface area contributed by atoms with Gasteiger partial charge in [0.2, 0.25) is 0 Å². The number of hydrogen-bond acceptors (Lipinski definition) is 9. The first-order chi connectivity index (χ1) is 18.3. The molecule has 0 fully saturated rings. The van der Waals surface area contributed by atoms with Crippen molar-refractivity contribution < 1.29 is 19.0 Å². The van der Waals surface area contributed by atoms with Crippen molar-refractivity contribution in [3.63, 3.8) is 0 Å². The standard InChI is InChI=1S/C28H31N5O5/c1-18-24(27-30-23(31-38-27)17-32(3)15-9-12-20-10-6-5-7-11-20)26(25(19(2)29-18)28(34)37-4)21-13-8-14-22(16-21)33(35)36/h5-8,10-11,13-14,16,26,29H,9,12,15,17H2,1-4H3. The SMILES string of the molecule is COC(=O)C1=C(C)NC(C)=C(c2nc(CN(C)CCCc3ccccc3)no2)C1c1cccc([N+](=O)[O-])c1. The van der Waals surface area contributed by atoms with E-state index < -0.39 is 16.8 Å². The Hall–Kier alpha value is -4.31. The molecule has 0 bridgehead atoms. The number of nitrogens with one attached hydrogen (secondary N) is 1. The molecule has 10 heteroatoms. The van der Waals surface area contributed by atoms with Crippen LogP contribution in [0, 0.1) is 10.1 Å². The lowest BCUT2D eigenvalue weighted by Crippen LogP contribution is -2.28. The minimum atomic E-state index is -0.694. The van der Waals surface area contributed by atoms with Crippen LogP contribution in [0.2, 0.25) is 0 Å². The Morgan fingerprint density at radius 1 is 1.16 bits per heavy atom. The number of aryl methyl sites for hydroxylation is 1. The van der Waals surface area contributed by atoms with Crippen LogP contribution in [0.25, 0.3) is 5.57 Å².